The zero-order chi connectivity index (χ0) is 23.9. The van der Waals surface area contributed by atoms with Gasteiger partial charge in [-0.25, -0.2) is 0 Å². The molecule has 2 N–H and O–H groups in total. The number of carbonyl (C=O) groups excluding carboxylic acids is 3. The molecule has 34 heavy (non-hydrogen) atoms. The minimum absolute atomic E-state index is 0.0725. The number of likely N-dealkylation sites (tertiary alicyclic amines) is 1. The Morgan fingerprint density at radius 1 is 0.853 bits per heavy atom. The number of hydrogen-bond donors (Lipinski definition) is 2. The van der Waals surface area contributed by atoms with Crippen LogP contribution in [0.15, 0.2) is 48.5 Å². The van der Waals surface area contributed by atoms with Crippen LogP contribution in [0.4, 0.5) is 5.69 Å². The summed E-state index contributed by atoms with van der Waals surface area (Å²) >= 11 is 5.87. The van der Waals surface area contributed by atoms with Crippen molar-refractivity contribution in [3.8, 4) is 0 Å². The van der Waals surface area contributed by atoms with E-state index in [1.54, 1.807) is 53.4 Å². The number of hydrogen-bond acceptors (Lipinski definition) is 3. The first-order valence-electron chi connectivity index (χ1n) is 12.2. The lowest BCUT2D eigenvalue weighted by Gasteiger charge is -2.32. The Morgan fingerprint density at radius 2 is 1.53 bits per heavy atom. The topological polar surface area (TPSA) is 78.5 Å². The molecule has 1 atom stereocenters. The maximum absolute atomic E-state index is 13.1. The third kappa shape index (κ3) is 6.38. The number of anilines is 1. The van der Waals surface area contributed by atoms with Crippen molar-refractivity contribution >= 4 is 35.0 Å². The highest BCUT2D eigenvalue weighted by molar-refractivity contribution is 6.30. The third-order valence-corrected chi connectivity index (χ3v) is 7.12. The molecule has 1 aliphatic carbocycles. The van der Waals surface area contributed by atoms with E-state index in [4.69, 9.17) is 11.6 Å². The summed E-state index contributed by atoms with van der Waals surface area (Å²) in [5.41, 5.74) is 1.66. The van der Waals surface area contributed by atoms with E-state index in [1.165, 1.54) is 32.1 Å². The Morgan fingerprint density at radius 3 is 2.24 bits per heavy atom. The summed E-state index contributed by atoms with van der Waals surface area (Å²) < 4.78 is 0. The summed E-state index contributed by atoms with van der Waals surface area (Å²) in [6.45, 7) is 1.86. The molecule has 2 aromatic carbocycles. The summed E-state index contributed by atoms with van der Waals surface area (Å²) in [5, 5.41) is 6.54. The predicted octanol–water partition coefficient (Wildman–Crippen LogP) is 5.14. The lowest BCUT2D eigenvalue weighted by molar-refractivity contribution is -0.126. The van der Waals surface area contributed by atoms with Crippen LogP contribution in [0.1, 0.15) is 65.7 Å². The average Bonchev–Trinajstić information content (AvgIpc) is 2.88. The van der Waals surface area contributed by atoms with Crippen LogP contribution in [0.2, 0.25) is 5.02 Å². The molecule has 7 heteroatoms. The molecular formula is C27H32ClN3O3. The maximum atomic E-state index is 13.1. The number of halogens is 1. The lowest BCUT2D eigenvalue weighted by Crippen LogP contribution is -2.46. The van der Waals surface area contributed by atoms with Crippen LogP contribution in [0.3, 0.4) is 0 Å². The molecule has 0 spiro atoms. The average molecular weight is 482 g/mol. The fraction of sp³-hybridized carbons (Fsp3) is 0.444. The summed E-state index contributed by atoms with van der Waals surface area (Å²) in [6.07, 6.45) is 7.86. The fourth-order valence-corrected chi connectivity index (χ4v) is 4.97. The van der Waals surface area contributed by atoms with Crippen LogP contribution in [0.25, 0.3) is 0 Å². The van der Waals surface area contributed by atoms with E-state index < -0.39 is 0 Å². The van der Waals surface area contributed by atoms with Crippen molar-refractivity contribution in [2.75, 3.05) is 25.0 Å². The number of piperidine rings is 1. The van der Waals surface area contributed by atoms with Gasteiger partial charge < -0.3 is 15.5 Å². The largest absolute Gasteiger partial charge is 0.356 e. The highest BCUT2D eigenvalue weighted by atomic mass is 35.5. The summed E-state index contributed by atoms with van der Waals surface area (Å²) in [4.78, 5) is 39.9. The van der Waals surface area contributed by atoms with E-state index in [-0.39, 0.29) is 23.6 Å². The van der Waals surface area contributed by atoms with Gasteiger partial charge >= 0.3 is 0 Å². The molecule has 2 fully saturated rings. The molecular weight excluding hydrogens is 450 g/mol. The fourth-order valence-electron chi connectivity index (χ4n) is 4.84. The molecule has 0 aromatic heterocycles. The van der Waals surface area contributed by atoms with E-state index in [1.807, 2.05) is 0 Å². The van der Waals surface area contributed by atoms with Crippen molar-refractivity contribution in [1.82, 2.24) is 10.2 Å². The number of benzene rings is 2. The van der Waals surface area contributed by atoms with Gasteiger partial charge in [-0.05, 0) is 80.1 Å². The van der Waals surface area contributed by atoms with E-state index >= 15 is 0 Å². The van der Waals surface area contributed by atoms with Crippen LogP contribution in [-0.4, -0.2) is 42.3 Å². The van der Waals surface area contributed by atoms with E-state index in [9.17, 15) is 14.4 Å². The molecule has 2 aromatic rings. The van der Waals surface area contributed by atoms with Gasteiger partial charge in [0, 0.05) is 41.5 Å². The quantitative estimate of drug-likeness (QED) is 0.599. The first-order valence-corrected chi connectivity index (χ1v) is 12.6. The maximum Gasteiger partial charge on any atom is 0.255 e. The van der Waals surface area contributed by atoms with Gasteiger partial charge in [-0.15, -0.1) is 0 Å². The van der Waals surface area contributed by atoms with Gasteiger partial charge in [0.25, 0.3) is 11.8 Å². The second-order valence-corrected chi connectivity index (χ2v) is 9.81. The lowest BCUT2D eigenvalue weighted by atomic mass is 9.89. The molecule has 3 amide bonds. The highest BCUT2D eigenvalue weighted by Gasteiger charge is 2.29. The van der Waals surface area contributed by atoms with Crippen molar-refractivity contribution in [2.45, 2.75) is 44.9 Å². The summed E-state index contributed by atoms with van der Waals surface area (Å²) in [6, 6.07) is 13.5. The van der Waals surface area contributed by atoms with Gasteiger partial charge in [0.15, 0.2) is 0 Å². The first-order chi connectivity index (χ1) is 16.5. The molecule has 0 radical (unpaired) electrons. The van der Waals surface area contributed by atoms with Crippen LogP contribution in [0.5, 0.6) is 0 Å². The van der Waals surface area contributed by atoms with Gasteiger partial charge in [0.2, 0.25) is 5.91 Å². The van der Waals surface area contributed by atoms with Crippen molar-refractivity contribution in [3.05, 3.63) is 64.7 Å². The van der Waals surface area contributed by atoms with Crippen LogP contribution in [0, 0.1) is 11.8 Å². The second kappa shape index (κ2) is 11.5. The number of nitrogens with one attached hydrogen (secondary N) is 2. The van der Waals surface area contributed by atoms with Crippen LogP contribution >= 0.6 is 11.6 Å². The molecule has 6 nitrogen and oxygen atoms in total. The standard InChI is InChI=1S/C27H32ClN3O3/c28-23-12-8-20(9-13-23)26(33)30-24-14-10-21(11-15-24)27(34)31-16-4-7-22(18-31)25(32)29-17-19-5-2-1-3-6-19/h8-15,19,22H,1-7,16-18H2,(H,29,32)(H,30,33)/t22-/m1/s1. The first kappa shape index (κ1) is 24.3. The molecule has 0 bridgehead atoms. The Kier molecular flexibility index (Phi) is 8.22. The van der Waals surface area contributed by atoms with Gasteiger partial charge in [-0.1, -0.05) is 30.9 Å². The number of carbonyl (C=O) groups is 3. The van der Waals surface area contributed by atoms with Crippen LogP contribution < -0.4 is 10.6 Å². The zero-order valence-corrected chi connectivity index (χ0v) is 20.2. The van der Waals surface area contributed by atoms with E-state index in [2.05, 4.69) is 10.6 Å². The molecule has 0 unspecified atom stereocenters. The Labute approximate surface area is 206 Å². The van der Waals surface area contributed by atoms with Crippen molar-refractivity contribution in [3.63, 3.8) is 0 Å². The minimum Gasteiger partial charge on any atom is -0.356 e. The molecule has 1 saturated carbocycles. The van der Waals surface area contributed by atoms with Gasteiger partial charge in [-0.3, -0.25) is 14.4 Å². The Bertz CT molecular complexity index is 1000. The molecule has 180 valence electrons. The SMILES string of the molecule is O=C(Nc1ccc(C(=O)N2CCC[C@@H](C(=O)NCC3CCCCC3)C2)cc1)c1ccc(Cl)cc1. The molecule has 1 aliphatic heterocycles. The number of rotatable bonds is 6. The van der Waals surface area contributed by atoms with Crippen molar-refractivity contribution in [1.29, 1.82) is 0 Å². The van der Waals surface area contributed by atoms with Crippen LogP contribution in [-0.2, 0) is 4.79 Å². The normalized spacial score (nSPS) is 18.9. The Balaban J connectivity index is 1.29. The predicted molar refractivity (Wildman–Crippen MR) is 134 cm³/mol. The third-order valence-electron chi connectivity index (χ3n) is 6.87. The monoisotopic (exact) mass is 481 g/mol. The Hall–Kier alpha value is -2.86. The van der Waals surface area contributed by atoms with Crippen molar-refractivity contribution in [2.24, 2.45) is 11.8 Å². The van der Waals surface area contributed by atoms with Crippen molar-refractivity contribution < 1.29 is 14.4 Å². The smallest absolute Gasteiger partial charge is 0.255 e. The number of amides is 3. The minimum atomic E-state index is -0.242. The second-order valence-electron chi connectivity index (χ2n) is 9.38. The molecule has 1 heterocycles. The molecule has 4 rings (SSSR count). The molecule has 2 aliphatic rings. The van der Waals surface area contributed by atoms with Gasteiger partial charge in [0.05, 0.1) is 5.92 Å². The van der Waals surface area contributed by atoms with E-state index in [0.717, 1.165) is 19.4 Å². The number of nitrogens with zero attached hydrogens (tertiary/aromatic N) is 1. The van der Waals surface area contributed by atoms with Gasteiger partial charge in [0.1, 0.15) is 0 Å². The zero-order valence-electron chi connectivity index (χ0n) is 19.4. The van der Waals surface area contributed by atoms with Gasteiger partial charge in [-0.2, -0.15) is 0 Å². The molecule has 1 saturated heterocycles. The highest BCUT2D eigenvalue weighted by Crippen LogP contribution is 2.24. The van der Waals surface area contributed by atoms with E-state index in [0.29, 0.717) is 40.8 Å². The summed E-state index contributed by atoms with van der Waals surface area (Å²) in [5.74, 6) is 0.189. The summed E-state index contributed by atoms with van der Waals surface area (Å²) in [7, 11) is 0.